The van der Waals surface area contributed by atoms with Crippen molar-refractivity contribution in [3.8, 4) is 29.3 Å². The fourth-order valence-corrected chi connectivity index (χ4v) is 4.65. The molecule has 5 rings (SSSR count). The molecule has 2 aromatic rings. The molecule has 2 atom stereocenters. The molecule has 0 spiro atoms. The Kier molecular flexibility index (Phi) is 6.27. The van der Waals surface area contributed by atoms with Crippen LogP contribution in [-0.4, -0.2) is 52.2 Å². The molecule has 3 aliphatic rings. The Bertz CT molecular complexity index is 1260. The summed E-state index contributed by atoms with van der Waals surface area (Å²) >= 11 is 6.24. The van der Waals surface area contributed by atoms with Crippen molar-refractivity contribution < 1.29 is 23.7 Å². The van der Waals surface area contributed by atoms with Crippen LogP contribution in [0.1, 0.15) is 38.2 Å². The fraction of sp³-hybridized carbons (Fsp3) is 0.500. The standard InChI is InChI=1S/C24H28ClN7O5/c1-22(4-5-22)37-21(33)32-7-6-23(9-15(23)11-32)12-34-19-18(36-24(27,28)29)20(31-13-30-19)35-17-3-2-14(10-26)8-16(17)25/h2-3,8,13,15H,4-7,9,11-12,27-29H2,1H3/t15-,23-/m0/s1. The summed E-state index contributed by atoms with van der Waals surface area (Å²) in [5, 5.41) is 9.24. The Balaban J connectivity index is 1.28. The lowest BCUT2D eigenvalue weighted by Crippen LogP contribution is -2.62. The summed E-state index contributed by atoms with van der Waals surface area (Å²) in [4.78, 5) is 22.5. The molecular formula is C24H28ClN7O5. The minimum absolute atomic E-state index is 0.0454. The first-order valence-electron chi connectivity index (χ1n) is 11.9. The van der Waals surface area contributed by atoms with Crippen LogP contribution < -0.4 is 31.4 Å². The molecule has 12 nitrogen and oxygen atoms in total. The number of carbonyl (C=O) groups excluding carboxylic acids is 1. The summed E-state index contributed by atoms with van der Waals surface area (Å²) in [6.45, 7) is 3.49. The van der Waals surface area contributed by atoms with Crippen molar-refractivity contribution in [2.24, 2.45) is 28.5 Å². The normalized spacial score (nSPS) is 23.4. The van der Waals surface area contributed by atoms with E-state index in [1.165, 1.54) is 18.5 Å². The summed E-state index contributed by atoms with van der Waals surface area (Å²) in [5.41, 5.74) is 17.0. The predicted molar refractivity (Wildman–Crippen MR) is 131 cm³/mol. The molecule has 3 fully saturated rings. The Morgan fingerprint density at radius 3 is 2.68 bits per heavy atom. The Labute approximate surface area is 218 Å². The monoisotopic (exact) mass is 529 g/mol. The maximum atomic E-state index is 12.5. The van der Waals surface area contributed by atoms with Crippen molar-refractivity contribution in [2.45, 2.75) is 44.2 Å². The van der Waals surface area contributed by atoms with E-state index in [9.17, 15) is 4.79 Å². The van der Waals surface area contributed by atoms with Crippen LogP contribution in [0.3, 0.4) is 0 Å². The van der Waals surface area contributed by atoms with Crippen molar-refractivity contribution in [3.63, 3.8) is 0 Å². The van der Waals surface area contributed by atoms with Crippen molar-refractivity contribution >= 4 is 17.7 Å². The van der Waals surface area contributed by atoms with Gasteiger partial charge >= 0.3 is 6.09 Å². The number of nitrogens with zero attached hydrogens (tertiary/aromatic N) is 4. The van der Waals surface area contributed by atoms with Gasteiger partial charge in [-0.2, -0.15) is 15.2 Å². The van der Waals surface area contributed by atoms with Crippen molar-refractivity contribution in [2.75, 3.05) is 19.7 Å². The van der Waals surface area contributed by atoms with Gasteiger partial charge in [-0.25, -0.2) is 4.79 Å². The van der Waals surface area contributed by atoms with Gasteiger partial charge in [-0.3, -0.25) is 17.2 Å². The molecule has 1 saturated heterocycles. The molecule has 0 unspecified atom stereocenters. The number of halogens is 1. The maximum Gasteiger partial charge on any atom is 0.410 e. The van der Waals surface area contributed by atoms with E-state index in [2.05, 4.69) is 9.97 Å². The highest BCUT2D eigenvalue weighted by atomic mass is 35.5. The minimum atomic E-state index is -2.07. The van der Waals surface area contributed by atoms with Crippen LogP contribution in [0.2, 0.25) is 5.02 Å². The van der Waals surface area contributed by atoms with Crippen molar-refractivity contribution in [1.29, 1.82) is 5.26 Å². The smallest absolute Gasteiger partial charge is 0.410 e. The van der Waals surface area contributed by atoms with Gasteiger partial charge in [0.1, 0.15) is 17.7 Å². The van der Waals surface area contributed by atoms with Gasteiger partial charge in [-0.05, 0) is 56.7 Å². The highest BCUT2D eigenvalue weighted by Gasteiger charge is 2.58. The van der Waals surface area contributed by atoms with E-state index in [0.29, 0.717) is 25.3 Å². The van der Waals surface area contributed by atoms with Crippen molar-refractivity contribution in [1.82, 2.24) is 14.9 Å². The number of carbonyl (C=O) groups is 1. The van der Waals surface area contributed by atoms with E-state index >= 15 is 0 Å². The van der Waals surface area contributed by atoms with E-state index in [1.54, 1.807) is 11.0 Å². The molecule has 1 amide bonds. The van der Waals surface area contributed by atoms with Gasteiger partial charge in [0.2, 0.25) is 5.75 Å². The van der Waals surface area contributed by atoms with Crippen LogP contribution in [-0.2, 0) is 4.74 Å². The third-order valence-electron chi connectivity index (χ3n) is 7.01. The number of nitrogens with two attached hydrogens (primary N) is 3. The number of fused-ring (bicyclic) bond motifs is 1. The van der Waals surface area contributed by atoms with Gasteiger partial charge in [0.25, 0.3) is 17.7 Å². The number of piperidine rings is 1. The third kappa shape index (κ3) is 5.65. The number of nitriles is 1. The second-order valence-electron chi connectivity index (χ2n) is 10.2. The zero-order chi connectivity index (χ0) is 26.4. The maximum absolute atomic E-state index is 12.5. The van der Waals surface area contributed by atoms with E-state index in [4.69, 9.17) is 53.0 Å². The van der Waals surface area contributed by atoms with Gasteiger partial charge in [-0.1, -0.05) is 11.6 Å². The largest absolute Gasteiger partial charge is 0.474 e. The lowest BCUT2D eigenvalue weighted by molar-refractivity contribution is 0.0430. The summed E-state index contributed by atoms with van der Waals surface area (Å²) < 4.78 is 23.0. The van der Waals surface area contributed by atoms with E-state index < -0.39 is 5.97 Å². The molecular weight excluding hydrogens is 502 g/mol. The molecule has 1 aromatic carbocycles. The molecule has 1 aromatic heterocycles. The van der Waals surface area contributed by atoms with Crippen LogP contribution in [0.4, 0.5) is 4.79 Å². The average molecular weight is 530 g/mol. The molecule has 6 N–H and O–H groups in total. The second kappa shape index (κ2) is 9.18. The molecule has 0 radical (unpaired) electrons. The molecule has 37 heavy (non-hydrogen) atoms. The summed E-state index contributed by atoms with van der Waals surface area (Å²) in [6.07, 6.45) is 4.49. The number of hydrogen-bond donors (Lipinski definition) is 3. The lowest BCUT2D eigenvalue weighted by atomic mass is 9.96. The Morgan fingerprint density at radius 2 is 2.03 bits per heavy atom. The first kappa shape index (κ1) is 25.3. The fourth-order valence-electron chi connectivity index (χ4n) is 4.43. The van der Waals surface area contributed by atoms with Crippen molar-refractivity contribution in [3.05, 3.63) is 35.1 Å². The lowest BCUT2D eigenvalue weighted by Gasteiger charge is -2.32. The number of likely N-dealkylation sites (tertiary alicyclic amines) is 1. The van der Waals surface area contributed by atoms with Crippen LogP contribution in [0.25, 0.3) is 0 Å². The molecule has 2 saturated carbocycles. The predicted octanol–water partition coefficient (Wildman–Crippen LogP) is 2.44. The quantitative estimate of drug-likeness (QED) is 0.426. The first-order valence-corrected chi connectivity index (χ1v) is 12.3. The van der Waals surface area contributed by atoms with Crippen LogP contribution in [0.5, 0.6) is 23.3 Å². The van der Waals surface area contributed by atoms with Gasteiger partial charge in [0.05, 0.1) is 23.3 Å². The van der Waals surface area contributed by atoms with E-state index in [0.717, 1.165) is 25.7 Å². The molecule has 13 heteroatoms. The third-order valence-corrected chi connectivity index (χ3v) is 7.30. The zero-order valence-electron chi connectivity index (χ0n) is 20.3. The highest BCUT2D eigenvalue weighted by Crippen LogP contribution is 2.58. The highest BCUT2D eigenvalue weighted by molar-refractivity contribution is 6.32. The number of hydrogen-bond acceptors (Lipinski definition) is 11. The zero-order valence-corrected chi connectivity index (χ0v) is 21.0. The molecule has 0 bridgehead atoms. The van der Waals surface area contributed by atoms with Gasteiger partial charge in [0, 0.05) is 18.5 Å². The van der Waals surface area contributed by atoms with Gasteiger partial charge < -0.3 is 23.8 Å². The SMILES string of the molecule is CC1(OC(=O)N2CC[C@@]3(COc4ncnc(Oc5ccc(C#N)cc5Cl)c4OC(N)(N)N)C[C@H]3C2)CC1. The van der Waals surface area contributed by atoms with Crippen LogP contribution in [0.15, 0.2) is 24.5 Å². The molecule has 196 valence electrons. The van der Waals surface area contributed by atoms with Crippen LogP contribution in [0, 0.1) is 22.7 Å². The Hall–Kier alpha value is -3.37. The van der Waals surface area contributed by atoms with Gasteiger partial charge in [-0.15, -0.1) is 0 Å². The Morgan fingerprint density at radius 1 is 1.27 bits per heavy atom. The minimum Gasteiger partial charge on any atom is -0.474 e. The van der Waals surface area contributed by atoms with Gasteiger partial charge in [0.15, 0.2) is 0 Å². The molecule has 1 aliphatic heterocycles. The number of rotatable bonds is 8. The number of ether oxygens (including phenoxy) is 4. The molecule has 2 aliphatic carbocycles. The van der Waals surface area contributed by atoms with E-state index in [1.807, 2.05) is 13.0 Å². The second-order valence-corrected chi connectivity index (χ2v) is 10.6. The number of benzene rings is 1. The summed E-state index contributed by atoms with van der Waals surface area (Å²) in [6, 6.07) is 6.51. The summed E-state index contributed by atoms with van der Waals surface area (Å²) in [7, 11) is 0. The number of aromatic nitrogens is 2. The topological polar surface area (TPSA) is 185 Å². The number of amides is 1. The summed E-state index contributed by atoms with van der Waals surface area (Å²) in [5.74, 6) is -1.69. The first-order chi connectivity index (χ1) is 17.5. The van der Waals surface area contributed by atoms with Crippen LogP contribution >= 0.6 is 11.6 Å². The molecule has 2 heterocycles. The van der Waals surface area contributed by atoms with E-state index in [-0.39, 0.29) is 51.3 Å². The average Bonchev–Trinajstić information content (AvgIpc) is 3.75.